The van der Waals surface area contributed by atoms with Crippen molar-refractivity contribution >= 4 is 16.1 Å². The first kappa shape index (κ1) is 31.7. The second-order valence-corrected chi connectivity index (χ2v) is 14.8. The molecule has 2 aromatic carbocycles. The molecule has 1 aromatic heterocycles. The molecule has 228 valence electrons. The van der Waals surface area contributed by atoms with Gasteiger partial charge in [-0.1, -0.05) is 81.4 Å². The van der Waals surface area contributed by atoms with E-state index in [1.54, 1.807) is 18.7 Å². The Kier molecular flexibility index (Phi) is 10.1. The largest absolute Gasteiger partial charge is 0.330 e. The highest BCUT2D eigenvalue weighted by Gasteiger charge is 2.41. The van der Waals surface area contributed by atoms with Crippen LogP contribution < -0.4 is 5.73 Å². The van der Waals surface area contributed by atoms with E-state index in [0.717, 1.165) is 22.6 Å². The number of nitrogens with zero attached hydrogens (tertiary/aromatic N) is 5. The average molecular weight is 595 g/mol. The highest BCUT2D eigenvalue weighted by Crippen LogP contribution is 2.40. The molecule has 0 unspecified atom stereocenters. The fraction of sp³-hybridized carbons (Fsp3) is 0.500. The van der Waals surface area contributed by atoms with Gasteiger partial charge in [-0.25, -0.2) is 18.2 Å². The smallest absolute Gasteiger partial charge is 0.320 e. The number of aromatic nitrogens is 2. The molecule has 3 aromatic rings. The molecule has 4 rings (SSSR count). The lowest BCUT2D eigenvalue weighted by molar-refractivity contribution is 0.0754. The highest BCUT2D eigenvalue weighted by atomic mass is 32.2. The van der Waals surface area contributed by atoms with Crippen molar-refractivity contribution in [2.45, 2.75) is 58.9 Å². The van der Waals surface area contributed by atoms with Gasteiger partial charge in [-0.2, -0.15) is 4.31 Å². The number of nitrogens with two attached hydrogens (primary N) is 1. The number of hydrogen-bond donors (Lipinski definition) is 1. The van der Waals surface area contributed by atoms with Gasteiger partial charge in [0.05, 0.1) is 17.0 Å². The van der Waals surface area contributed by atoms with Gasteiger partial charge in [0.15, 0.2) is 0 Å². The molecule has 0 radical (unpaired) electrons. The van der Waals surface area contributed by atoms with Gasteiger partial charge >= 0.3 is 6.03 Å². The van der Waals surface area contributed by atoms with Gasteiger partial charge in [-0.15, -0.1) is 0 Å². The Morgan fingerprint density at radius 3 is 2.12 bits per heavy atom. The second kappa shape index (κ2) is 13.4. The van der Waals surface area contributed by atoms with Crippen LogP contribution in [-0.2, 0) is 16.6 Å². The average Bonchev–Trinajstić information content (AvgIpc) is 3.37. The minimum atomic E-state index is -3.37. The predicted molar refractivity (Wildman–Crippen MR) is 168 cm³/mol. The fourth-order valence-corrected chi connectivity index (χ4v) is 6.78. The zero-order valence-corrected chi connectivity index (χ0v) is 26.4. The summed E-state index contributed by atoms with van der Waals surface area (Å²) in [6.07, 6.45) is 2.72. The van der Waals surface area contributed by atoms with Crippen LogP contribution in [0.3, 0.4) is 0 Å². The van der Waals surface area contributed by atoms with Crippen molar-refractivity contribution in [1.29, 1.82) is 0 Å². The van der Waals surface area contributed by atoms with Gasteiger partial charge in [0.2, 0.25) is 10.0 Å². The lowest BCUT2D eigenvalue weighted by Crippen LogP contribution is -2.56. The fourth-order valence-electron chi connectivity index (χ4n) is 5.51. The summed E-state index contributed by atoms with van der Waals surface area (Å²) < 4.78 is 29.2. The Labute approximate surface area is 251 Å². The van der Waals surface area contributed by atoms with Crippen LogP contribution in [0.5, 0.6) is 0 Å². The van der Waals surface area contributed by atoms with Crippen LogP contribution in [0.1, 0.15) is 58.5 Å². The van der Waals surface area contributed by atoms with Crippen LogP contribution in [0.2, 0.25) is 0 Å². The Balaban J connectivity index is 1.73. The van der Waals surface area contributed by atoms with E-state index in [9.17, 15) is 13.2 Å². The zero-order chi connectivity index (χ0) is 30.5. The molecule has 1 aliphatic heterocycles. The van der Waals surface area contributed by atoms with Crippen molar-refractivity contribution in [2.24, 2.45) is 11.1 Å². The minimum absolute atomic E-state index is 0.111. The summed E-state index contributed by atoms with van der Waals surface area (Å²) in [5.74, 6) is 0.816. The van der Waals surface area contributed by atoms with E-state index in [-0.39, 0.29) is 30.6 Å². The molecular formula is C32H46N6O3S. The third kappa shape index (κ3) is 7.22. The summed E-state index contributed by atoms with van der Waals surface area (Å²) in [4.78, 5) is 23.2. The number of sulfonamides is 1. The van der Waals surface area contributed by atoms with Crippen LogP contribution in [0.15, 0.2) is 66.9 Å². The van der Waals surface area contributed by atoms with Crippen LogP contribution in [0.4, 0.5) is 4.79 Å². The first-order chi connectivity index (χ1) is 19.9. The van der Waals surface area contributed by atoms with Crippen molar-refractivity contribution in [2.75, 3.05) is 39.3 Å². The molecule has 9 nitrogen and oxygen atoms in total. The van der Waals surface area contributed by atoms with Crippen molar-refractivity contribution in [1.82, 2.24) is 23.7 Å². The number of hydrogen-bond acceptors (Lipinski definition) is 5. The van der Waals surface area contributed by atoms with Gasteiger partial charge < -0.3 is 20.1 Å². The van der Waals surface area contributed by atoms with Crippen molar-refractivity contribution < 1.29 is 13.2 Å². The van der Waals surface area contributed by atoms with Crippen LogP contribution in [0, 0.1) is 5.41 Å². The lowest BCUT2D eigenvalue weighted by atomic mass is 9.84. The van der Waals surface area contributed by atoms with E-state index in [4.69, 9.17) is 10.7 Å². The first-order valence-corrected chi connectivity index (χ1v) is 16.3. The molecule has 2 amide bonds. The van der Waals surface area contributed by atoms with E-state index in [1.165, 1.54) is 4.31 Å². The molecule has 1 aliphatic rings. The Morgan fingerprint density at radius 1 is 0.976 bits per heavy atom. The summed E-state index contributed by atoms with van der Waals surface area (Å²) in [6, 6.07) is 19.9. The molecular weight excluding hydrogens is 548 g/mol. The topological polar surface area (TPSA) is 105 Å². The van der Waals surface area contributed by atoms with Gasteiger partial charge in [-0.3, -0.25) is 0 Å². The van der Waals surface area contributed by atoms with Crippen molar-refractivity contribution in [3.05, 3.63) is 78.2 Å². The number of imidazole rings is 1. The quantitative estimate of drug-likeness (QED) is 0.363. The number of carbonyl (C=O) groups excluding carboxylic acids is 1. The summed E-state index contributed by atoms with van der Waals surface area (Å²) in [6.45, 7) is 12.6. The van der Waals surface area contributed by atoms with Crippen molar-refractivity contribution in [3.63, 3.8) is 0 Å². The number of urea groups is 1. The van der Waals surface area contributed by atoms with Gasteiger partial charge in [-0.05, 0) is 37.8 Å². The molecule has 1 fully saturated rings. The molecule has 1 saturated heterocycles. The normalized spacial score (nSPS) is 15.6. The second-order valence-electron chi connectivity index (χ2n) is 12.3. The maximum atomic E-state index is 14.3. The van der Waals surface area contributed by atoms with E-state index in [0.29, 0.717) is 39.1 Å². The van der Waals surface area contributed by atoms with E-state index >= 15 is 0 Å². The zero-order valence-electron chi connectivity index (χ0n) is 25.6. The molecule has 10 heteroatoms. The van der Waals surface area contributed by atoms with E-state index in [1.807, 2.05) is 53.4 Å². The maximum absolute atomic E-state index is 14.3. The Hall–Kier alpha value is -3.21. The number of benzene rings is 2. The molecule has 0 bridgehead atoms. The van der Waals surface area contributed by atoms with Crippen LogP contribution >= 0.6 is 0 Å². The molecule has 2 N–H and O–H groups in total. The molecule has 1 atom stereocenters. The Bertz CT molecular complexity index is 1410. The molecule has 2 heterocycles. The number of carbonyl (C=O) groups is 1. The third-order valence-electron chi connectivity index (χ3n) is 7.76. The van der Waals surface area contributed by atoms with E-state index in [2.05, 4.69) is 43.7 Å². The number of piperazine rings is 1. The van der Waals surface area contributed by atoms with Crippen molar-refractivity contribution in [3.8, 4) is 11.3 Å². The number of rotatable bonds is 10. The first-order valence-electron chi connectivity index (χ1n) is 14.8. The van der Waals surface area contributed by atoms with Gasteiger partial charge in [0, 0.05) is 51.0 Å². The number of amides is 2. The standard InChI is InChI=1S/C32H46N6O3S/c1-25(2)42(40,41)37-21-19-35(20-22-37)31(39)38(18-12-17-33)29(32(3,4)5)30-34-28(27-15-10-7-11-16-27)24-36(30)23-26-13-8-6-9-14-26/h6-11,13-16,24-25,29H,12,17-23,33H2,1-5H3/t29-/m0/s1. The van der Waals surface area contributed by atoms with E-state index < -0.39 is 15.3 Å². The summed E-state index contributed by atoms with van der Waals surface area (Å²) >= 11 is 0. The lowest BCUT2D eigenvalue weighted by Gasteiger charge is -2.44. The monoisotopic (exact) mass is 594 g/mol. The third-order valence-corrected chi connectivity index (χ3v) is 10.0. The molecule has 0 spiro atoms. The Morgan fingerprint density at radius 2 is 1.57 bits per heavy atom. The summed E-state index contributed by atoms with van der Waals surface area (Å²) in [5.41, 5.74) is 8.62. The molecule has 42 heavy (non-hydrogen) atoms. The van der Waals surface area contributed by atoms with Crippen LogP contribution in [0.25, 0.3) is 11.3 Å². The summed E-state index contributed by atoms with van der Waals surface area (Å²) in [5, 5.41) is -0.492. The SMILES string of the molecule is CC(C)S(=O)(=O)N1CCN(C(=O)N(CCCN)[C@@H](c2nc(-c3ccccc3)cn2Cc2ccccc2)C(C)(C)C)CC1. The summed E-state index contributed by atoms with van der Waals surface area (Å²) in [7, 11) is -3.37. The molecule has 0 aliphatic carbocycles. The maximum Gasteiger partial charge on any atom is 0.320 e. The van der Waals surface area contributed by atoms with Crippen LogP contribution in [-0.4, -0.2) is 82.6 Å². The molecule has 0 saturated carbocycles. The van der Waals surface area contributed by atoms with Gasteiger partial charge in [0.1, 0.15) is 5.82 Å². The predicted octanol–water partition coefficient (Wildman–Crippen LogP) is 4.81. The minimum Gasteiger partial charge on any atom is -0.330 e. The van der Waals surface area contributed by atoms with Gasteiger partial charge in [0.25, 0.3) is 0 Å². The highest BCUT2D eigenvalue weighted by molar-refractivity contribution is 7.89.